The zero-order chi connectivity index (χ0) is 28.3. The predicted molar refractivity (Wildman–Crippen MR) is 162 cm³/mol. The van der Waals surface area contributed by atoms with Gasteiger partial charge < -0.3 is 19.0 Å². The Labute approximate surface area is 241 Å². The van der Waals surface area contributed by atoms with E-state index < -0.39 is 0 Å². The highest BCUT2D eigenvalue weighted by molar-refractivity contribution is 6.01. The number of nitrogens with zero attached hydrogens (tertiary/aromatic N) is 1. The first-order valence-electron chi connectivity index (χ1n) is 15.6. The zero-order valence-electron chi connectivity index (χ0n) is 24.7. The fourth-order valence-corrected chi connectivity index (χ4v) is 4.69. The van der Waals surface area contributed by atoms with Crippen molar-refractivity contribution in [2.45, 2.75) is 110 Å². The van der Waals surface area contributed by atoms with Gasteiger partial charge in [-0.3, -0.25) is 0 Å². The van der Waals surface area contributed by atoms with Crippen molar-refractivity contribution in [3.8, 4) is 11.5 Å². The molecule has 0 saturated carbocycles. The van der Waals surface area contributed by atoms with E-state index in [0.717, 1.165) is 42.2 Å². The van der Waals surface area contributed by atoms with Crippen molar-refractivity contribution in [3.05, 3.63) is 59.7 Å². The Balaban J connectivity index is 1.28. The second-order valence-electron chi connectivity index (χ2n) is 10.7. The summed E-state index contributed by atoms with van der Waals surface area (Å²) >= 11 is 0. The second kappa shape index (κ2) is 19.1. The first kappa shape index (κ1) is 31.5. The van der Waals surface area contributed by atoms with Crippen LogP contribution in [0.2, 0.25) is 0 Å². The maximum Gasteiger partial charge on any atom is 0.338 e. The molecule has 1 aliphatic rings. The van der Waals surface area contributed by atoms with E-state index >= 15 is 0 Å². The number of oxime groups is 1. The van der Waals surface area contributed by atoms with E-state index in [-0.39, 0.29) is 18.7 Å². The maximum atomic E-state index is 12.5. The Morgan fingerprint density at radius 1 is 0.725 bits per heavy atom. The SMILES string of the molecule is CCCCCCCCCCOc1ccc(C(=O)OCC2CC(c3ccc(OCCCCCCC)cc3)=NO2)cc1. The summed E-state index contributed by atoms with van der Waals surface area (Å²) in [7, 11) is 0. The van der Waals surface area contributed by atoms with Gasteiger partial charge in [-0.1, -0.05) is 89.6 Å². The molecule has 2 aromatic rings. The van der Waals surface area contributed by atoms with Crippen LogP contribution in [0.5, 0.6) is 11.5 Å². The number of rotatable bonds is 21. The molecule has 0 saturated heterocycles. The molecule has 0 radical (unpaired) electrons. The van der Waals surface area contributed by atoms with Crippen LogP contribution >= 0.6 is 0 Å². The number of carbonyl (C=O) groups excluding carboxylic acids is 1. The van der Waals surface area contributed by atoms with Gasteiger partial charge in [0.15, 0.2) is 6.10 Å². The molecule has 0 fully saturated rings. The number of ether oxygens (including phenoxy) is 3. The molecule has 6 heteroatoms. The smallest absolute Gasteiger partial charge is 0.338 e. The lowest BCUT2D eigenvalue weighted by Crippen LogP contribution is -2.19. The molecule has 0 spiro atoms. The normalized spacial score (nSPS) is 14.4. The topological polar surface area (TPSA) is 66.4 Å². The fraction of sp³-hybridized carbons (Fsp3) is 0.588. The van der Waals surface area contributed by atoms with E-state index in [9.17, 15) is 4.79 Å². The van der Waals surface area contributed by atoms with Gasteiger partial charge in [0.25, 0.3) is 0 Å². The Morgan fingerprint density at radius 3 is 1.77 bits per heavy atom. The van der Waals surface area contributed by atoms with Crippen LogP contribution < -0.4 is 9.47 Å². The largest absolute Gasteiger partial charge is 0.494 e. The molecular weight excluding hydrogens is 502 g/mol. The van der Waals surface area contributed by atoms with Crippen LogP contribution in [0.3, 0.4) is 0 Å². The van der Waals surface area contributed by atoms with Crippen molar-refractivity contribution in [1.29, 1.82) is 0 Å². The van der Waals surface area contributed by atoms with Crippen LogP contribution in [0.1, 0.15) is 120 Å². The van der Waals surface area contributed by atoms with Gasteiger partial charge in [0, 0.05) is 6.42 Å². The summed E-state index contributed by atoms with van der Waals surface area (Å²) in [5.41, 5.74) is 2.34. The molecule has 6 nitrogen and oxygen atoms in total. The lowest BCUT2D eigenvalue weighted by Gasteiger charge is -2.10. The molecule has 0 aliphatic carbocycles. The molecular formula is C34H49NO5. The highest BCUT2D eigenvalue weighted by Gasteiger charge is 2.24. The average molecular weight is 552 g/mol. The fourth-order valence-electron chi connectivity index (χ4n) is 4.69. The number of carbonyl (C=O) groups is 1. The van der Waals surface area contributed by atoms with E-state index in [4.69, 9.17) is 19.0 Å². The molecule has 220 valence electrons. The molecule has 0 amide bonds. The average Bonchev–Trinajstić information content (AvgIpc) is 3.46. The highest BCUT2D eigenvalue weighted by atomic mass is 16.7. The summed E-state index contributed by atoms with van der Waals surface area (Å²) in [5, 5.41) is 4.21. The second-order valence-corrected chi connectivity index (χ2v) is 10.7. The van der Waals surface area contributed by atoms with E-state index in [2.05, 4.69) is 19.0 Å². The number of unbranched alkanes of at least 4 members (excludes halogenated alkanes) is 11. The zero-order valence-corrected chi connectivity index (χ0v) is 24.7. The van der Waals surface area contributed by atoms with E-state index in [0.29, 0.717) is 18.6 Å². The first-order chi connectivity index (χ1) is 19.7. The van der Waals surface area contributed by atoms with Gasteiger partial charge in [0.2, 0.25) is 0 Å². The van der Waals surface area contributed by atoms with Crippen LogP contribution in [0.15, 0.2) is 53.7 Å². The van der Waals surface area contributed by atoms with Gasteiger partial charge in [-0.25, -0.2) is 4.79 Å². The third-order valence-electron chi connectivity index (χ3n) is 7.19. The van der Waals surface area contributed by atoms with Crippen molar-refractivity contribution in [3.63, 3.8) is 0 Å². The van der Waals surface area contributed by atoms with Crippen molar-refractivity contribution in [2.24, 2.45) is 5.16 Å². The molecule has 2 aromatic carbocycles. The standard InChI is InChI=1S/C34H49NO5/c1-3-5-7-9-10-11-13-15-25-38-31-22-18-29(19-23-31)34(36)39-27-32-26-33(35-40-32)28-16-20-30(21-17-28)37-24-14-12-8-6-4-2/h16-23,32H,3-15,24-27H2,1-2H3. The number of hydrogen-bond acceptors (Lipinski definition) is 6. The van der Waals surface area contributed by atoms with Gasteiger partial charge in [-0.2, -0.15) is 0 Å². The van der Waals surface area contributed by atoms with Crippen LogP contribution in [0.4, 0.5) is 0 Å². The van der Waals surface area contributed by atoms with Gasteiger partial charge in [-0.05, 0) is 66.9 Å². The van der Waals surface area contributed by atoms with Crippen LogP contribution in [-0.2, 0) is 9.57 Å². The summed E-state index contributed by atoms with van der Waals surface area (Å²) in [6.07, 6.45) is 16.6. The first-order valence-corrected chi connectivity index (χ1v) is 15.6. The van der Waals surface area contributed by atoms with Crippen LogP contribution in [-0.4, -0.2) is 37.6 Å². The Hall–Kier alpha value is -3.02. The van der Waals surface area contributed by atoms with E-state index in [1.807, 2.05) is 36.4 Å². The van der Waals surface area contributed by atoms with Gasteiger partial charge in [0.05, 0.1) is 24.5 Å². The van der Waals surface area contributed by atoms with Crippen molar-refractivity contribution in [1.82, 2.24) is 0 Å². The lowest BCUT2D eigenvalue weighted by molar-refractivity contribution is 0.00686. The molecule has 1 aliphatic heterocycles. The van der Waals surface area contributed by atoms with Crippen LogP contribution in [0.25, 0.3) is 0 Å². The molecule has 0 bridgehead atoms. The quantitative estimate of drug-likeness (QED) is 0.114. The summed E-state index contributed by atoms with van der Waals surface area (Å²) in [5.74, 6) is 1.27. The molecule has 1 unspecified atom stereocenters. The summed E-state index contributed by atoms with van der Waals surface area (Å²) in [6.45, 7) is 6.07. The molecule has 1 heterocycles. The third-order valence-corrected chi connectivity index (χ3v) is 7.19. The molecule has 3 rings (SSSR count). The number of esters is 1. The Morgan fingerprint density at radius 2 is 1.23 bits per heavy atom. The number of benzene rings is 2. The van der Waals surface area contributed by atoms with E-state index in [1.54, 1.807) is 12.1 Å². The summed E-state index contributed by atoms with van der Waals surface area (Å²) in [6, 6.07) is 15.1. The van der Waals surface area contributed by atoms with Crippen LogP contribution in [0, 0.1) is 0 Å². The Kier molecular flexibility index (Phi) is 15.1. The summed E-state index contributed by atoms with van der Waals surface area (Å²) < 4.78 is 17.2. The Bertz CT molecular complexity index is 986. The predicted octanol–water partition coefficient (Wildman–Crippen LogP) is 8.91. The lowest BCUT2D eigenvalue weighted by atomic mass is 10.1. The molecule has 0 N–H and O–H groups in total. The minimum Gasteiger partial charge on any atom is -0.494 e. The third kappa shape index (κ3) is 12.0. The maximum absolute atomic E-state index is 12.5. The van der Waals surface area contributed by atoms with E-state index in [1.165, 1.54) is 70.6 Å². The minimum atomic E-state index is -0.372. The number of hydrogen-bond donors (Lipinski definition) is 0. The monoisotopic (exact) mass is 551 g/mol. The minimum absolute atomic E-state index is 0.155. The van der Waals surface area contributed by atoms with Crippen molar-refractivity contribution in [2.75, 3.05) is 19.8 Å². The van der Waals surface area contributed by atoms with Crippen molar-refractivity contribution < 1.29 is 23.8 Å². The summed E-state index contributed by atoms with van der Waals surface area (Å²) in [4.78, 5) is 18.0. The van der Waals surface area contributed by atoms with Gasteiger partial charge in [0.1, 0.15) is 18.1 Å². The molecule has 1 atom stereocenters. The van der Waals surface area contributed by atoms with Gasteiger partial charge in [-0.15, -0.1) is 0 Å². The van der Waals surface area contributed by atoms with Crippen molar-refractivity contribution >= 4 is 11.7 Å². The van der Waals surface area contributed by atoms with Gasteiger partial charge >= 0.3 is 5.97 Å². The highest BCUT2D eigenvalue weighted by Crippen LogP contribution is 2.21. The molecule has 40 heavy (non-hydrogen) atoms. The molecule has 0 aromatic heterocycles.